The van der Waals surface area contributed by atoms with Gasteiger partial charge in [0.1, 0.15) is 28.1 Å². The minimum Gasteiger partial charge on any atom is -0.456 e. The van der Waals surface area contributed by atoms with Gasteiger partial charge in [0.15, 0.2) is 11.2 Å². The standard InChI is InChI=1S/C25H21N2O2/c1-13(2)15-9-17-24-19(10-15)29-21-11-20-22(16-7-5-6-8-18(16)28-20)14(3)23(21)25(24)27(4)12-26-17/h5-13H,1-4H3/q+1. The molecule has 6 rings (SSSR count). The van der Waals surface area contributed by atoms with E-state index in [4.69, 9.17) is 14.1 Å². The molecule has 0 aliphatic carbocycles. The van der Waals surface area contributed by atoms with E-state index >= 15 is 0 Å². The van der Waals surface area contributed by atoms with Gasteiger partial charge in [0, 0.05) is 16.8 Å². The van der Waals surface area contributed by atoms with E-state index in [2.05, 4.69) is 49.6 Å². The number of benzene rings is 3. The Bertz CT molecular complexity index is 1480. The highest BCUT2D eigenvalue weighted by Gasteiger charge is 2.31. The molecule has 4 heteroatoms. The Morgan fingerprint density at radius 2 is 1.79 bits per heavy atom. The molecule has 0 fully saturated rings. The van der Waals surface area contributed by atoms with Crippen molar-refractivity contribution in [3.05, 3.63) is 59.9 Å². The molecule has 1 aliphatic heterocycles. The number of nitrogens with zero attached hydrogens (tertiary/aromatic N) is 2. The monoisotopic (exact) mass is 381 g/mol. The summed E-state index contributed by atoms with van der Waals surface area (Å²) in [6, 6.07) is 14.6. The maximum Gasteiger partial charge on any atom is 0.287 e. The molecular weight excluding hydrogens is 360 g/mol. The first-order valence-electron chi connectivity index (χ1n) is 9.98. The Morgan fingerprint density at radius 3 is 2.62 bits per heavy atom. The molecule has 0 N–H and O–H groups in total. The van der Waals surface area contributed by atoms with Crippen molar-refractivity contribution in [3.63, 3.8) is 0 Å². The molecule has 3 heterocycles. The predicted octanol–water partition coefficient (Wildman–Crippen LogP) is 6.16. The van der Waals surface area contributed by atoms with Gasteiger partial charge >= 0.3 is 0 Å². The molecule has 0 bridgehead atoms. The highest BCUT2D eigenvalue weighted by molar-refractivity contribution is 6.11. The van der Waals surface area contributed by atoms with Gasteiger partial charge in [-0.1, -0.05) is 32.0 Å². The fourth-order valence-corrected chi connectivity index (χ4v) is 4.61. The summed E-state index contributed by atoms with van der Waals surface area (Å²) in [5.74, 6) is 2.11. The first-order chi connectivity index (χ1) is 14.0. The molecule has 3 aromatic carbocycles. The topological polar surface area (TPSA) is 39.1 Å². The minimum absolute atomic E-state index is 0.402. The van der Waals surface area contributed by atoms with E-state index < -0.39 is 0 Å². The zero-order chi connectivity index (χ0) is 19.9. The van der Waals surface area contributed by atoms with Crippen molar-refractivity contribution in [2.24, 2.45) is 7.05 Å². The maximum absolute atomic E-state index is 6.47. The number of fused-ring (bicyclic) bond motifs is 5. The van der Waals surface area contributed by atoms with Crippen LogP contribution in [-0.4, -0.2) is 4.98 Å². The van der Waals surface area contributed by atoms with Crippen LogP contribution in [0.15, 0.2) is 53.2 Å². The lowest BCUT2D eigenvalue weighted by Crippen LogP contribution is -2.32. The third-order valence-electron chi connectivity index (χ3n) is 6.07. The summed E-state index contributed by atoms with van der Waals surface area (Å²) in [6.45, 7) is 6.54. The zero-order valence-corrected chi connectivity index (χ0v) is 16.9. The van der Waals surface area contributed by atoms with Crippen molar-refractivity contribution < 1.29 is 13.7 Å². The summed E-state index contributed by atoms with van der Waals surface area (Å²) in [4.78, 5) is 4.70. The van der Waals surface area contributed by atoms with Gasteiger partial charge < -0.3 is 9.15 Å². The molecule has 1 aliphatic rings. The van der Waals surface area contributed by atoms with Gasteiger partial charge in [0.2, 0.25) is 0 Å². The number of para-hydroxylation sites is 1. The summed E-state index contributed by atoms with van der Waals surface area (Å²) in [5.41, 5.74) is 7.39. The maximum atomic E-state index is 6.47. The molecule has 29 heavy (non-hydrogen) atoms. The van der Waals surface area contributed by atoms with Crippen molar-refractivity contribution in [1.29, 1.82) is 0 Å². The van der Waals surface area contributed by atoms with E-state index in [-0.39, 0.29) is 0 Å². The number of rotatable bonds is 1. The third-order valence-corrected chi connectivity index (χ3v) is 6.07. The molecule has 0 saturated heterocycles. The SMILES string of the molecule is Cc1c2c(cc3oc4ccccc4c13)Oc1cc(C(C)C)cc3nc[n+](C)c-2c13. The third kappa shape index (κ3) is 2.14. The Hall–Kier alpha value is -3.40. The van der Waals surface area contributed by atoms with Crippen LogP contribution < -0.4 is 9.30 Å². The second kappa shape index (κ2) is 5.57. The Labute approximate surface area is 168 Å². The second-order valence-electron chi connectivity index (χ2n) is 8.22. The van der Waals surface area contributed by atoms with Crippen LogP contribution in [0, 0.1) is 6.92 Å². The fraction of sp³-hybridized carbons (Fsp3) is 0.200. The van der Waals surface area contributed by atoms with Gasteiger partial charge in [-0.05, 0) is 47.2 Å². The normalized spacial score (nSPS) is 12.7. The molecule has 0 spiro atoms. The molecule has 0 saturated carbocycles. The van der Waals surface area contributed by atoms with Crippen LogP contribution in [0.5, 0.6) is 11.5 Å². The summed E-state index contributed by atoms with van der Waals surface area (Å²) in [5, 5.41) is 3.36. The van der Waals surface area contributed by atoms with Crippen LogP contribution in [0.4, 0.5) is 0 Å². The number of aryl methyl sites for hydroxylation is 2. The van der Waals surface area contributed by atoms with E-state index in [1.807, 2.05) is 31.6 Å². The van der Waals surface area contributed by atoms with Crippen molar-refractivity contribution in [2.75, 3.05) is 0 Å². The van der Waals surface area contributed by atoms with Gasteiger partial charge in [-0.3, -0.25) is 0 Å². The Kier molecular flexibility index (Phi) is 3.18. The number of aromatic nitrogens is 2. The lowest BCUT2D eigenvalue weighted by Gasteiger charge is -2.22. The lowest BCUT2D eigenvalue weighted by molar-refractivity contribution is -0.662. The number of furan rings is 1. The molecule has 142 valence electrons. The summed E-state index contributed by atoms with van der Waals surface area (Å²) >= 11 is 0. The zero-order valence-electron chi connectivity index (χ0n) is 16.9. The molecule has 2 aromatic heterocycles. The highest BCUT2D eigenvalue weighted by atomic mass is 16.5. The van der Waals surface area contributed by atoms with Gasteiger partial charge in [-0.25, -0.2) is 4.57 Å². The quantitative estimate of drug-likeness (QED) is 0.320. The molecule has 0 unspecified atom stereocenters. The predicted molar refractivity (Wildman–Crippen MR) is 115 cm³/mol. The number of hydrogen-bond donors (Lipinski definition) is 0. The molecular formula is C25H21N2O2+. The molecule has 4 nitrogen and oxygen atoms in total. The van der Waals surface area contributed by atoms with Crippen molar-refractivity contribution in [2.45, 2.75) is 26.7 Å². The summed E-state index contributed by atoms with van der Waals surface area (Å²) in [7, 11) is 2.05. The first-order valence-corrected chi connectivity index (χ1v) is 9.98. The summed E-state index contributed by atoms with van der Waals surface area (Å²) in [6.07, 6.45) is 1.90. The molecule has 0 atom stereocenters. The second-order valence-corrected chi connectivity index (χ2v) is 8.22. The van der Waals surface area contributed by atoms with Gasteiger partial charge in [0.25, 0.3) is 6.33 Å². The average molecular weight is 381 g/mol. The fourth-order valence-electron chi connectivity index (χ4n) is 4.61. The van der Waals surface area contributed by atoms with Crippen LogP contribution >= 0.6 is 0 Å². The number of ether oxygens (including phenoxy) is 1. The summed E-state index contributed by atoms with van der Waals surface area (Å²) < 4.78 is 14.7. The van der Waals surface area contributed by atoms with E-state index in [1.54, 1.807) is 0 Å². The van der Waals surface area contributed by atoms with Crippen molar-refractivity contribution >= 4 is 32.8 Å². The van der Waals surface area contributed by atoms with Crippen LogP contribution in [0.1, 0.15) is 30.9 Å². The molecule has 0 amide bonds. The van der Waals surface area contributed by atoms with Gasteiger partial charge in [-0.2, -0.15) is 0 Å². The van der Waals surface area contributed by atoms with Crippen LogP contribution in [0.3, 0.4) is 0 Å². The van der Waals surface area contributed by atoms with E-state index in [1.165, 1.54) is 11.1 Å². The smallest absolute Gasteiger partial charge is 0.287 e. The first kappa shape index (κ1) is 16.5. The van der Waals surface area contributed by atoms with Crippen molar-refractivity contribution in [3.8, 4) is 22.8 Å². The lowest BCUT2D eigenvalue weighted by atomic mass is 9.92. The van der Waals surface area contributed by atoms with Crippen LogP contribution in [-0.2, 0) is 7.05 Å². The Balaban J connectivity index is 1.78. The van der Waals surface area contributed by atoms with Gasteiger partial charge in [0.05, 0.1) is 12.6 Å². The van der Waals surface area contributed by atoms with Crippen LogP contribution in [0.2, 0.25) is 0 Å². The minimum atomic E-state index is 0.402. The van der Waals surface area contributed by atoms with Crippen molar-refractivity contribution in [1.82, 2.24) is 4.98 Å². The van der Waals surface area contributed by atoms with Gasteiger partial charge in [-0.15, -0.1) is 0 Å². The highest BCUT2D eigenvalue weighted by Crippen LogP contribution is 2.49. The van der Waals surface area contributed by atoms with E-state index in [0.29, 0.717) is 5.92 Å². The molecule has 0 radical (unpaired) electrons. The Morgan fingerprint density at radius 1 is 0.966 bits per heavy atom. The number of hydrogen-bond acceptors (Lipinski definition) is 3. The largest absolute Gasteiger partial charge is 0.456 e. The van der Waals surface area contributed by atoms with Crippen LogP contribution in [0.25, 0.3) is 44.1 Å². The molecule has 5 aromatic rings. The van der Waals surface area contributed by atoms with E-state index in [9.17, 15) is 0 Å². The van der Waals surface area contributed by atoms with E-state index in [0.717, 1.165) is 55.6 Å². The average Bonchev–Trinajstić information content (AvgIpc) is 3.08.